The van der Waals surface area contributed by atoms with Crippen LogP contribution >= 0.6 is 11.6 Å². The fraction of sp³-hybridized carbons (Fsp3) is 0.355. The Labute approximate surface area is 249 Å². The van der Waals surface area contributed by atoms with E-state index in [1.165, 1.54) is 17.6 Å². The summed E-state index contributed by atoms with van der Waals surface area (Å²) in [6.07, 6.45) is 9.38. The van der Waals surface area contributed by atoms with Crippen LogP contribution in [0.1, 0.15) is 37.6 Å². The number of carbonyl (C=O) groups excluding carboxylic acids is 2. The molecule has 11 heteroatoms. The first-order valence-corrected chi connectivity index (χ1v) is 14.1. The molecule has 0 fully saturated rings. The van der Waals surface area contributed by atoms with Crippen LogP contribution in [0, 0.1) is 5.92 Å². The van der Waals surface area contributed by atoms with Gasteiger partial charge in [0.2, 0.25) is 0 Å². The van der Waals surface area contributed by atoms with Gasteiger partial charge in [0.05, 0.1) is 40.3 Å². The summed E-state index contributed by atoms with van der Waals surface area (Å²) in [4.78, 5) is 52.5. The zero-order valence-corrected chi connectivity index (χ0v) is 25.1. The molecule has 1 aliphatic carbocycles. The van der Waals surface area contributed by atoms with Crippen molar-refractivity contribution in [1.29, 1.82) is 0 Å². The molecular weight excluding hydrogens is 560 g/mol. The van der Waals surface area contributed by atoms with Gasteiger partial charge in [-0.25, -0.2) is 14.2 Å². The normalized spacial score (nSPS) is 16.4. The minimum absolute atomic E-state index is 0.0487. The molecule has 0 saturated carbocycles. The van der Waals surface area contributed by atoms with Crippen molar-refractivity contribution in [3.63, 3.8) is 0 Å². The van der Waals surface area contributed by atoms with Gasteiger partial charge in [-0.3, -0.25) is 14.2 Å². The van der Waals surface area contributed by atoms with Crippen LogP contribution in [0.4, 0.5) is 0 Å². The van der Waals surface area contributed by atoms with Gasteiger partial charge in [-0.1, -0.05) is 48.0 Å². The van der Waals surface area contributed by atoms with Crippen LogP contribution in [0.5, 0.6) is 0 Å². The topological polar surface area (TPSA) is 132 Å². The molecule has 1 aliphatic rings. The van der Waals surface area contributed by atoms with Gasteiger partial charge in [0.15, 0.2) is 0 Å². The number of halogens is 1. The van der Waals surface area contributed by atoms with E-state index < -0.39 is 35.3 Å². The molecule has 1 aromatic carbocycles. The number of allylic oxidation sites excluding steroid dienone is 3. The van der Waals surface area contributed by atoms with Crippen molar-refractivity contribution in [3.8, 4) is 5.69 Å². The molecule has 0 saturated heterocycles. The Bertz CT molecular complexity index is 1550. The lowest BCUT2D eigenvalue weighted by molar-refractivity contribution is -0.147. The van der Waals surface area contributed by atoms with Crippen LogP contribution in [-0.2, 0) is 27.8 Å². The highest BCUT2D eigenvalue weighted by atomic mass is 35.5. The van der Waals surface area contributed by atoms with Gasteiger partial charge < -0.3 is 20.5 Å². The number of aliphatic hydroxyl groups is 1. The van der Waals surface area contributed by atoms with Crippen molar-refractivity contribution in [2.24, 2.45) is 13.0 Å². The summed E-state index contributed by atoms with van der Waals surface area (Å²) >= 11 is 6.20. The number of amides is 1. The van der Waals surface area contributed by atoms with E-state index in [1.807, 2.05) is 19.2 Å². The van der Waals surface area contributed by atoms with E-state index in [9.17, 15) is 24.3 Å². The number of rotatable bonds is 11. The SMILES string of the molecule is C/C=C\C(Cl)=C(\C(=O)NC(Cc1ccc(-n2c(=O)c3c(n(C)c2=O)C=CC(CNC)C=C3)cc1)C(=O)OCC)C(C)O. The van der Waals surface area contributed by atoms with Gasteiger partial charge in [0.1, 0.15) is 6.04 Å². The molecule has 3 rings (SSSR count). The molecule has 0 bridgehead atoms. The Morgan fingerprint density at radius 2 is 1.83 bits per heavy atom. The van der Waals surface area contributed by atoms with E-state index >= 15 is 0 Å². The molecular formula is C31H37ClN4O6. The average Bonchev–Trinajstić information content (AvgIpc) is 3.16. The fourth-order valence-corrected chi connectivity index (χ4v) is 5.00. The third-order valence-corrected chi connectivity index (χ3v) is 7.07. The highest BCUT2D eigenvalue weighted by Gasteiger charge is 2.27. The molecule has 3 unspecified atom stereocenters. The van der Waals surface area contributed by atoms with E-state index in [4.69, 9.17) is 16.3 Å². The van der Waals surface area contributed by atoms with Crippen LogP contribution < -0.4 is 21.9 Å². The summed E-state index contributed by atoms with van der Waals surface area (Å²) < 4.78 is 7.70. The van der Waals surface area contributed by atoms with E-state index in [-0.39, 0.29) is 29.6 Å². The molecule has 0 aliphatic heterocycles. The highest BCUT2D eigenvalue weighted by Crippen LogP contribution is 2.18. The number of nitrogens with zero attached hydrogens (tertiary/aromatic N) is 2. The van der Waals surface area contributed by atoms with Gasteiger partial charge >= 0.3 is 11.7 Å². The average molecular weight is 597 g/mol. The van der Waals surface area contributed by atoms with Crippen LogP contribution in [0.2, 0.25) is 0 Å². The third-order valence-electron chi connectivity index (χ3n) is 6.74. The van der Waals surface area contributed by atoms with E-state index in [2.05, 4.69) is 10.6 Å². The maximum Gasteiger partial charge on any atom is 0.335 e. The summed E-state index contributed by atoms with van der Waals surface area (Å²) in [6.45, 7) is 5.57. The van der Waals surface area contributed by atoms with Gasteiger partial charge in [-0.15, -0.1) is 0 Å². The molecule has 2 aromatic rings. The van der Waals surface area contributed by atoms with Gasteiger partial charge in [-0.05, 0) is 57.7 Å². The van der Waals surface area contributed by atoms with Crippen molar-refractivity contribution in [2.75, 3.05) is 20.2 Å². The number of aliphatic hydroxyl groups excluding tert-OH is 1. The number of carbonyl (C=O) groups is 2. The molecule has 10 nitrogen and oxygen atoms in total. The number of benzene rings is 1. The number of fused-ring (bicyclic) bond motifs is 1. The summed E-state index contributed by atoms with van der Waals surface area (Å²) in [5, 5.41) is 15.9. The van der Waals surface area contributed by atoms with Crippen LogP contribution in [0.25, 0.3) is 17.8 Å². The number of hydrogen-bond donors (Lipinski definition) is 3. The number of ether oxygens (including phenoxy) is 1. The van der Waals surface area contributed by atoms with Crippen molar-refractivity contribution in [2.45, 2.75) is 39.3 Å². The second-order valence-corrected chi connectivity index (χ2v) is 10.2. The summed E-state index contributed by atoms with van der Waals surface area (Å²) in [6, 6.07) is 5.47. The number of nitrogens with one attached hydrogen (secondary N) is 2. The molecule has 1 aromatic heterocycles. The third kappa shape index (κ3) is 7.44. The Kier molecular flexibility index (Phi) is 11.4. The van der Waals surface area contributed by atoms with Crippen molar-refractivity contribution >= 4 is 35.6 Å². The Morgan fingerprint density at radius 3 is 2.43 bits per heavy atom. The van der Waals surface area contributed by atoms with Gasteiger partial charge in [0.25, 0.3) is 11.5 Å². The first-order chi connectivity index (χ1) is 20.0. The maximum absolute atomic E-state index is 13.5. The largest absolute Gasteiger partial charge is 0.464 e. The second-order valence-electron chi connectivity index (χ2n) is 9.81. The lowest BCUT2D eigenvalue weighted by atomic mass is 10.0. The molecule has 3 atom stereocenters. The highest BCUT2D eigenvalue weighted by molar-refractivity contribution is 6.33. The smallest absolute Gasteiger partial charge is 0.335 e. The van der Waals surface area contributed by atoms with Crippen LogP contribution in [-0.4, -0.2) is 58.5 Å². The lowest BCUT2D eigenvalue weighted by Gasteiger charge is -2.20. The van der Waals surface area contributed by atoms with Crippen molar-refractivity contribution in [1.82, 2.24) is 19.8 Å². The van der Waals surface area contributed by atoms with E-state index in [0.29, 0.717) is 29.1 Å². The molecule has 3 N–H and O–H groups in total. The zero-order chi connectivity index (χ0) is 31.0. The lowest BCUT2D eigenvalue weighted by Crippen LogP contribution is -2.45. The Balaban J connectivity index is 1.94. The molecule has 1 amide bonds. The zero-order valence-electron chi connectivity index (χ0n) is 24.4. The molecule has 0 radical (unpaired) electrons. The summed E-state index contributed by atoms with van der Waals surface area (Å²) in [5.41, 5.74) is 0.897. The van der Waals surface area contributed by atoms with Crippen molar-refractivity contribution in [3.05, 3.63) is 96.8 Å². The monoisotopic (exact) mass is 596 g/mol. The number of aromatic nitrogens is 2. The summed E-state index contributed by atoms with van der Waals surface area (Å²) in [5.74, 6) is -1.29. The van der Waals surface area contributed by atoms with Gasteiger partial charge in [0, 0.05) is 25.9 Å². The molecule has 1 heterocycles. The second kappa shape index (κ2) is 14.8. The van der Waals surface area contributed by atoms with Crippen molar-refractivity contribution < 1.29 is 19.4 Å². The van der Waals surface area contributed by atoms with Crippen LogP contribution in [0.15, 0.2) is 68.8 Å². The minimum Gasteiger partial charge on any atom is -0.464 e. The standard InChI is InChI=1S/C31H37ClN4O6/c1-6-8-24(32)27(19(3)37)28(38)34-25(30(40)42-7-2)17-20-9-13-22(14-10-20)36-29(39)23-15-11-21(18-33-4)12-16-26(23)35(5)31(36)41/h6,8-16,19,21,25,33,37H,7,17-18H2,1-5H3,(H,34,38)/b8-6-,27-24-. The quantitative estimate of drug-likeness (QED) is 0.206. The molecule has 42 heavy (non-hydrogen) atoms. The first kappa shape index (κ1) is 32.5. The minimum atomic E-state index is -1.18. The van der Waals surface area contributed by atoms with Gasteiger partial charge in [-0.2, -0.15) is 0 Å². The predicted molar refractivity (Wildman–Crippen MR) is 164 cm³/mol. The molecule has 0 spiro atoms. The van der Waals surface area contributed by atoms with E-state index in [0.717, 1.165) is 4.57 Å². The Morgan fingerprint density at radius 1 is 1.17 bits per heavy atom. The van der Waals surface area contributed by atoms with E-state index in [1.54, 1.807) is 63.4 Å². The Hall–Kier alpha value is -3.99. The molecule has 224 valence electrons. The first-order valence-electron chi connectivity index (χ1n) is 13.7. The number of esters is 1. The predicted octanol–water partition coefficient (Wildman–Crippen LogP) is 2.45. The number of hydrogen-bond acceptors (Lipinski definition) is 7. The maximum atomic E-state index is 13.5. The summed E-state index contributed by atoms with van der Waals surface area (Å²) in [7, 11) is 3.47. The van der Waals surface area contributed by atoms with Crippen LogP contribution in [0.3, 0.4) is 0 Å². The fourth-order valence-electron chi connectivity index (χ4n) is 4.63.